The van der Waals surface area contributed by atoms with Crippen LogP contribution in [0.1, 0.15) is 86.2 Å². The van der Waals surface area contributed by atoms with Gasteiger partial charge in [-0.15, -0.1) is 0 Å². The Bertz CT molecular complexity index is 1210. The third-order valence-corrected chi connectivity index (χ3v) is 11.0. The minimum absolute atomic E-state index is 0.332. The van der Waals surface area contributed by atoms with E-state index in [0.717, 1.165) is 0 Å². The first kappa shape index (κ1) is 26.0. The van der Waals surface area contributed by atoms with Gasteiger partial charge >= 0.3 is 0 Å². The summed E-state index contributed by atoms with van der Waals surface area (Å²) < 4.78 is 0. The molecule has 8 rings (SSSR count). The fraction of sp³-hybridized carbons (Fsp3) is 0.559. The Labute approximate surface area is 243 Å². The molecule has 0 saturated carbocycles. The number of pyridine rings is 3. The third-order valence-electron chi connectivity index (χ3n) is 11.0. The van der Waals surface area contributed by atoms with Crippen LogP contribution in [0.3, 0.4) is 0 Å². The quantitative estimate of drug-likeness (QED) is 0.393. The molecule has 3 aromatic heterocycles. The van der Waals surface area contributed by atoms with Gasteiger partial charge in [-0.05, 0) is 87.8 Å². The molecule has 3 aromatic rings. The maximum absolute atomic E-state index is 4.95. The van der Waals surface area contributed by atoms with Crippen molar-refractivity contribution in [2.75, 3.05) is 0 Å². The SMILES string of the molecule is c1ccc(C2C3CCC(N3)C3CCC(N3)C(c3ccccn3)C3CCC(N3)C(c3ccccn3)C3CCC2N3)nc1. The molecular weight excluding hydrogens is 506 g/mol. The van der Waals surface area contributed by atoms with Crippen LogP contribution in [-0.4, -0.2) is 63.3 Å². The Hall–Kier alpha value is -2.71. The molecule has 7 nitrogen and oxygen atoms in total. The fourth-order valence-electron chi connectivity index (χ4n) is 9.33. The summed E-state index contributed by atoms with van der Waals surface area (Å²) in [6.45, 7) is 0. The molecule has 5 aliphatic rings. The van der Waals surface area contributed by atoms with Gasteiger partial charge in [-0.2, -0.15) is 0 Å². The number of hydrogen-bond acceptors (Lipinski definition) is 7. The van der Waals surface area contributed by atoms with Crippen LogP contribution in [0, 0.1) is 0 Å². The average Bonchev–Trinajstić information content (AvgIpc) is 3.84. The minimum Gasteiger partial charge on any atom is -0.310 e. The molecule has 10 unspecified atom stereocenters. The first-order valence-electron chi connectivity index (χ1n) is 16.1. The summed E-state index contributed by atoms with van der Waals surface area (Å²) in [5.41, 5.74) is 3.68. The highest BCUT2D eigenvalue weighted by Gasteiger charge is 2.49. The molecule has 0 radical (unpaired) electrons. The van der Waals surface area contributed by atoms with Crippen molar-refractivity contribution >= 4 is 0 Å². The Morgan fingerprint density at radius 3 is 0.902 bits per heavy atom. The second-order valence-corrected chi connectivity index (χ2v) is 13.2. The predicted octanol–water partition coefficient (Wildman–Crippen LogP) is 4.02. The second kappa shape index (κ2) is 11.2. The molecule has 8 bridgehead atoms. The lowest BCUT2D eigenvalue weighted by Gasteiger charge is -2.34. The summed E-state index contributed by atoms with van der Waals surface area (Å²) in [5, 5.41) is 16.8. The van der Waals surface area contributed by atoms with E-state index in [4.69, 9.17) is 15.0 Å². The number of fused-ring (bicyclic) bond motifs is 9. The minimum atomic E-state index is 0.332. The van der Waals surface area contributed by atoms with Crippen molar-refractivity contribution in [3.05, 3.63) is 90.3 Å². The molecule has 4 N–H and O–H groups in total. The summed E-state index contributed by atoms with van der Waals surface area (Å²) in [4.78, 5) is 14.8. The molecule has 5 fully saturated rings. The van der Waals surface area contributed by atoms with Crippen LogP contribution in [0.2, 0.25) is 0 Å². The summed E-state index contributed by atoms with van der Waals surface area (Å²) >= 11 is 0. The molecule has 7 heteroatoms. The summed E-state index contributed by atoms with van der Waals surface area (Å²) in [6.07, 6.45) is 15.5. The standard InChI is InChI=1S/C34H43N7/c1-4-18-35-23(7-1)32-26-12-10-21(38-26)22-11-13-27(39-22)33(24-8-2-5-19-36-24)29-15-17-31(41-29)34(25-9-3-6-20-37-25)30-16-14-28(32)40-30/h1-9,18-22,26-34,38-41H,10-17H2. The Balaban J connectivity index is 1.19. The zero-order chi connectivity index (χ0) is 27.2. The molecule has 0 aliphatic carbocycles. The first-order valence-corrected chi connectivity index (χ1v) is 16.1. The predicted molar refractivity (Wildman–Crippen MR) is 161 cm³/mol. The lowest BCUT2D eigenvalue weighted by Crippen LogP contribution is -2.50. The Morgan fingerprint density at radius 1 is 0.366 bits per heavy atom. The van der Waals surface area contributed by atoms with E-state index in [1.165, 1.54) is 68.4 Å². The van der Waals surface area contributed by atoms with Crippen LogP contribution >= 0.6 is 0 Å². The van der Waals surface area contributed by atoms with E-state index in [1.807, 2.05) is 36.8 Å². The zero-order valence-electron chi connectivity index (χ0n) is 23.8. The van der Waals surface area contributed by atoms with Gasteiger partial charge in [0.2, 0.25) is 0 Å². The summed E-state index contributed by atoms with van der Waals surface area (Å²) in [7, 11) is 0. The van der Waals surface area contributed by atoms with Gasteiger partial charge in [-0.25, -0.2) is 0 Å². The zero-order valence-corrected chi connectivity index (χ0v) is 23.8. The van der Waals surface area contributed by atoms with Gasteiger partial charge in [0, 0.05) is 102 Å². The van der Waals surface area contributed by atoms with E-state index in [0.29, 0.717) is 66.1 Å². The van der Waals surface area contributed by atoms with Crippen molar-refractivity contribution in [3.63, 3.8) is 0 Å². The van der Waals surface area contributed by atoms with Gasteiger partial charge in [0.15, 0.2) is 0 Å². The lowest BCUT2D eigenvalue weighted by atomic mass is 9.85. The topological polar surface area (TPSA) is 86.8 Å². The molecule has 0 aromatic carbocycles. The van der Waals surface area contributed by atoms with Crippen molar-refractivity contribution in [1.82, 2.24) is 36.2 Å². The van der Waals surface area contributed by atoms with Gasteiger partial charge in [0.05, 0.1) is 0 Å². The molecule has 5 saturated heterocycles. The third kappa shape index (κ3) is 4.91. The lowest BCUT2D eigenvalue weighted by molar-refractivity contribution is 0.324. The summed E-state index contributed by atoms with van der Waals surface area (Å²) in [5.74, 6) is 1.06. The van der Waals surface area contributed by atoms with Crippen LogP contribution in [0.25, 0.3) is 0 Å². The normalized spacial score (nSPS) is 40.2. The molecule has 0 spiro atoms. The average molecular weight is 550 g/mol. The number of nitrogens with one attached hydrogen (secondary N) is 4. The fourth-order valence-corrected chi connectivity index (χ4v) is 9.33. The van der Waals surface area contributed by atoms with E-state index in [2.05, 4.69) is 57.7 Å². The first-order chi connectivity index (χ1) is 20.3. The van der Waals surface area contributed by atoms with Gasteiger partial charge in [0.25, 0.3) is 0 Å². The van der Waals surface area contributed by atoms with E-state index in [-0.39, 0.29) is 0 Å². The highest BCUT2D eigenvalue weighted by atomic mass is 15.1. The van der Waals surface area contributed by atoms with E-state index < -0.39 is 0 Å². The number of rotatable bonds is 3. The highest BCUT2D eigenvalue weighted by Crippen LogP contribution is 2.43. The molecule has 5 aliphatic heterocycles. The monoisotopic (exact) mass is 549 g/mol. The van der Waals surface area contributed by atoms with Crippen molar-refractivity contribution in [3.8, 4) is 0 Å². The maximum atomic E-state index is 4.95. The van der Waals surface area contributed by atoms with Crippen LogP contribution in [0.4, 0.5) is 0 Å². The Morgan fingerprint density at radius 2 is 0.634 bits per heavy atom. The van der Waals surface area contributed by atoms with Crippen LogP contribution < -0.4 is 21.3 Å². The molecular formula is C34H43N7. The largest absolute Gasteiger partial charge is 0.310 e. The molecule has 10 atom stereocenters. The van der Waals surface area contributed by atoms with Gasteiger partial charge in [0.1, 0.15) is 0 Å². The highest BCUT2D eigenvalue weighted by molar-refractivity contribution is 5.25. The maximum Gasteiger partial charge on any atom is 0.0465 e. The number of nitrogens with zero attached hydrogens (tertiary/aromatic N) is 3. The van der Waals surface area contributed by atoms with Crippen LogP contribution in [0.5, 0.6) is 0 Å². The molecule has 41 heavy (non-hydrogen) atoms. The smallest absolute Gasteiger partial charge is 0.0465 e. The molecule has 214 valence electrons. The van der Waals surface area contributed by atoms with Crippen molar-refractivity contribution < 1.29 is 0 Å². The Kier molecular flexibility index (Phi) is 7.08. The van der Waals surface area contributed by atoms with Gasteiger partial charge in [-0.3, -0.25) is 15.0 Å². The van der Waals surface area contributed by atoms with E-state index in [9.17, 15) is 0 Å². The summed E-state index contributed by atoms with van der Waals surface area (Å²) in [6, 6.07) is 22.9. The second-order valence-electron chi connectivity index (χ2n) is 13.2. The van der Waals surface area contributed by atoms with Gasteiger partial charge < -0.3 is 21.3 Å². The molecule has 0 amide bonds. The number of aromatic nitrogens is 3. The van der Waals surface area contributed by atoms with Crippen molar-refractivity contribution in [1.29, 1.82) is 0 Å². The number of hydrogen-bond donors (Lipinski definition) is 4. The van der Waals surface area contributed by atoms with E-state index >= 15 is 0 Å². The van der Waals surface area contributed by atoms with Crippen molar-refractivity contribution in [2.45, 2.75) is 117 Å². The molecule has 8 heterocycles. The van der Waals surface area contributed by atoms with Crippen LogP contribution in [0.15, 0.2) is 73.2 Å². The van der Waals surface area contributed by atoms with Crippen LogP contribution in [-0.2, 0) is 0 Å². The van der Waals surface area contributed by atoms with Gasteiger partial charge in [-0.1, -0.05) is 18.2 Å². The van der Waals surface area contributed by atoms with Crippen molar-refractivity contribution in [2.24, 2.45) is 0 Å². The van der Waals surface area contributed by atoms with E-state index in [1.54, 1.807) is 0 Å².